The Balaban J connectivity index is 1.59. The number of hydrogen-bond acceptors (Lipinski definition) is 3. The molecule has 6 nitrogen and oxygen atoms in total. The van der Waals surface area contributed by atoms with Gasteiger partial charge in [-0.3, -0.25) is 4.79 Å². The Bertz CT molecular complexity index is 1530. The van der Waals surface area contributed by atoms with Gasteiger partial charge in [0.15, 0.2) is 5.54 Å². The lowest BCUT2D eigenvalue weighted by Gasteiger charge is -2.40. The minimum atomic E-state index is -1.21. The van der Waals surface area contributed by atoms with Crippen molar-refractivity contribution in [3.8, 4) is 5.75 Å². The van der Waals surface area contributed by atoms with Crippen molar-refractivity contribution < 1.29 is 14.3 Å². The van der Waals surface area contributed by atoms with E-state index in [0.29, 0.717) is 22.9 Å². The van der Waals surface area contributed by atoms with Crippen LogP contribution in [0.5, 0.6) is 5.75 Å². The second-order valence-corrected chi connectivity index (χ2v) is 9.77. The third kappa shape index (κ3) is 2.96. The number of H-pyrrole nitrogens is 1. The molecule has 3 heterocycles. The van der Waals surface area contributed by atoms with Crippen molar-refractivity contribution in [3.05, 3.63) is 93.6 Å². The summed E-state index contributed by atoms with van der Waals surface area (Å²) in [4.78, 5) is 34.2. The van der Waals surface area contributed by atoms with Crippen molar-refractivity contribution >= 4 is 51.7 Å². The minimum absolute atomic E-state index is 0.198. The lowest BCUT2D eigenvalue weighted by atomic mass is 9.78. The zero-order valence-electron chi connectivity index (χ0n) is 19.0. The fourth-order valence-corrected chi connectivity index (χ4v) is 5.77. The summed E-state index contributed by atoms with van der Waals surface area (Å²) in [6, 6.07) is 20.1. The molecule has 2 atom stereocenters. The molecule has 1 aromatic heterocycles. The number of fused-ring (bicyclic) bond motifs is 5. The van der Waals surface area contributed by atoms with E-state index in [1.807, 2.05) is 48.5 Å². The average Bonchev–Trinajstić information content (AvgIpc) is 3.35. The molecule has 0 bridgehead atoms. The van der Waals surface area contributed by atoms with Crippen LogP contribution in [-0.2, 0) is 10.3 Å². The van der Waals surface area contributed by atoms with Crippen LogP contribution in [0.25, 0.3) is 10.9 Å². The Hall–Kier alpha value is -3.48. The quantitative estimate of drug-likeness (QED) is 0.331. The number of nitrogens with one attached hydrogen (secondary N) is 1. The van der Waals surface area contributed by atoms with Crippen molar-refractivity contribution in [1.82, 2.24) is 9.88 Å². The number of rotatable bonds is 3. The highest BCUT2D eigenvalue weighted by Crippen LogP contribution is 2.51. The smallest absolute Gasteiger partial charge is 0.332 e. The number of benzene rings is 3. The second kappa shape index (κ2) is 7.77. The molecule has 176 valence electrons. The van der Waals surface area contributed by atoms with Gasteiger partial charge in [0.1, 0.15) is 5.75 Å². The van der Waals surface area contributed by atoms with Crippen molar-refractivity contribution in [2.24, 2.45) is 0 Å². The van der Waals surface area contributed by atoms with E-state index < -0.39 is 11.6 Å². The number of urea groups is 1. The number of para-hydroxylation sites is 2. The Labute approximate surface area is 212 Å². The molecule has 1 N–H and O–H groups in total. The number of anilines is 1. The molecule has 1 saturated heterocycles. The van der Waals surface area contributed by atoms with Gasteiger partial charge in [0.25, 0.3) is 5.91 Å². The van der Waals surface area contributed by atoms with Gasteiger partial charge in [-0.1, -0.05) is 59.6 Å². The summed E-state index contributed by atoms with van der Waals surface area (Å²) in [5.74, 6) is 0.194. The van der Waals surface area contributed by atoms with Crippen molar-refractivity contribution in [2.45, 2.75) is 18.4 Å². The van der Waals surface area contributed by atoms with Crippen LogP contribution in [0, 0.1) is 0 Å². The summed E-state index contributed by atoms with van der Waals surface area (Å²) >= 11 is 12.3. The predicted octanol–water partition coefficient (Wildman–Crippen LogP) is 6.31. The monoisotopic (exact) mass is 505 g/mol. The Kier molecular flexibility index (Phi) is 4.88. The first-order valence-corrected chi connectivity index (χ1v) is 12.0. The standard InChI is InChI=1S/C27H21Cl2N3O3/c1-27-24-23(17-8-3-5-9-21(17)30-24)18(16-7-4-6-10-22(16)35-2)14-31(27)26(34)32(25(27)33)15-11-12-19(28)20(29)13-15/h3-13,18,30H,14H2,1-2H3. The molecule has 0 saturated carbocycles. The first kappa shape index (κ1) is 22.0. The zero-order chi connectivity index (χ0) is 24.5. The number of halogens is 2. The summed E-state index contributed by atoms with van der Waals surface area (Å²) in [6.45, 7) is 2.12. The van der Waals surface area contributed by atoms with Crippen LogP contribution in [0.1, 0.15) is 29.7 Å². The molecule has 2 aliphatic heterocycles. The number of imide groups is 1. The number of aromatic nitrogens is 1. The molecule has 8 heteroatoms. The van der Waals surface area contributed by atoms with E-state index >= 15 is 0 Å². The van der Waals surface area contributed by atoms with Gasteiger partial charge in [0.2, 0.25) is 0 Å². The van der Waals surface area contributed by atoms with Crippen LogP contribution in [0.3, 0.4) is 0 Å². The highest BCUT2D eigenvalue weighted by Gasteiger charge is 2.60. The third-order valence-corrected chi connectivity index (χ3v) is 7.94. The predicted molar refractivity (Wildman–Crippen MR) is 137 cm³/mol. The fraction of sp³-hybridized carbons (Fsp3) is 0.185. The highest BCUT2D eigenvalue weighted by atomic mass is 35.5. The third-order valence-electron chi connectivity index (χ3n) is 7.20. The molecule has 4 aromatic rings. The first-order chi connectivity index (χ1) is 16.9. The molecule has 0 radical (unpaired) electrons. The van der Waals surface area contributed by atoms with Gasteiger partial charge in [0, 0.05) is 28.9 Å². The van der Waals surface area contributed by atoms with Gasteiger partial charge in [-0.2, -0.15) is 0 Å². The fourth-order valence-electron chi connectivity index (χ4n) is 5.48. The lowest BCUT2D eigenvalue weighted by Crippen LogP contribution is -2.50. The van der Waals surface area contributed by atoms with E-state index in [9.17, 15) is 9.59 Å². The minimum Gasteiger partial charge on any atom is -0.496 e. The molecule has 1 fully saturated rings. The van der Waals surface area contributed by atoms with Crippen molar-refractivity contribution in [1.29, 1.82) is 0 Å². The largest absolute Gasteiger partial charge is 0.496 e. The summed E-state index contributed by atoms with van der Waals surface area (Å²) in [5, 5.41) is 1.65. The van der Waals surface area contributed by atoms with Crippen LogP contribution < -0.4 is 9.64 Å². The number of carbonyl (C=O) groups is 2. The number of aromatic amines is 1. The van der Waals surface area contributed by atoms with Gasteiger partial charge < -0.3 is 14.6 Å². The Morgan fingerprint density at radius 2 is 1.74 bits per heavy atom. The van der Waals surface area contributed by atoms with E-state index in [1.54, 1.807) is 37.1 Å². The molecule has 0 spiro atoms. The second-order valence-electron chi connectivity index (χ2n) is 8.96. The van der Waals surface area contributed by atoms with Crippen molar-refractivity contribution in [3.63, 3.8) is 0 Å². The van der Waals surface area contributed by atoms with Gasteiger partial charge in [0.05, 0.1) is 28.5 Å². The molecular formula is C27H21Cl2N3O3. The molecule has 35 heavy (non-hydrogen) atoms. The van der Waals surface area contributed by atoms with Crippen LogP contribution in [0.2, 0.25) is 10.0 Å². The number of hydrogen-bond donors (Lipinski definition) is 1. The van der Waals surface area contributed by atoms with E-state index in [-0.39, 0.29) is 16.8 Å². The molecule has 3 amide bonds. The van der Waals surface area contributed by atoms with Crippen molar-refractivity contribution in [2.75, 3.05) is 18.6 Å². The van der Waals surface area contributed by atoms with Crippen LogP contribution in [-0.4, -0.2) is 35.5 Å². The topological polar surface area (TPSA) is 65.6 Å². The van der Waals surface area contributed by atoms with E-state index in [4.69, 9.17) is 27.9 Å². The average molecular weight is 506 g/mol. The molecule has 2 aliphatic rings. The van der Waals surface area contributed by atoms with Gasteiger partial charge in [-0.15, -0.1) is 0 Å². The Morgan fingerprint density at radius 1 is 1.00 bits per heavy atom. The molecule has 3 aromatic carbocycles. The lowest BCUT2D eigenvalue weighted by molar-refractivity contribution is -0.125. The maximum Gasteiger partial charge on any atom is 0.332 e. The molecule has 2 unspecified atom stereocenters. The van der Waals surface area contributed by atoms with Gasteiger partial charge in [-0.25, -0.2) is 9.69 Å². The molecule has 6 rings (SSSR count). The van der Waals surface area contributed by atoms with Crippen LogP contribution >= 0.6 is 23.2 Å². The number of ether oxygens (including phenoxy) is 1. The van der Waals surface area contributed by atoms with E-state index in [0.717, 1.165) is 27.8 Å². The molecular weight excluding hydrogens is 485 g/mol. The normalized spacial score (nSPS) is 21.4. The van der Waals surface area contributed by atoms with E-state index in [1.165, 1.54) is 4.90 Å². The van der Waals surface area contributed by atoms with Gasteiger partial charge in [-0.05, 0) is 42.8 Å². The zero-order valence-corrected chi connectivity index (χ0v) is 20.5. The molecule has 0 aliphatic carbocycles. The maximum atomic E-state index is 14.0. The summed E-state index contributed by atoms with van der Waals surface area (Å²) in [6.07, 6.45) is 0. The SMILES string of the molecule is COc1ccccc1C1CN2C(=O)N(c3ccc(Cl)c(Cl)c3)C(=O)C2(C)c2[nH]c3ccccc3c21. The summed E-state index contributed by atoms with van der Waals surface area (Å²) < 4.78 is 5.68. The Morgan fingerprint density at radius 3 is 2.51 bits per heavy atom. The number of nitrogens with zero attached hydrogens (tertiary/aromatic N) is 2. The first-order valence-electron chi connectivity index (χ1n) is 11.2. The van der Waals surface area contributed by atoms with E-state index in [2.05, 4.69) is 4.98 Å². The summed E-state index contributed by atoms with van der Waals surface area (Å²) in [7, 11) is 1.64. The number of amides is 3. The highest BCUT2D eigenvalue weighted by molar-refractivity contribution is 6.42. The number of methoxy groups -OCH3 is 1. The van der Waals surface area contributed by atoms with Crippen LogP contribution in [0.4, 0.5) is 10.5 Å². The number of carbonyl (C=O) groups excluding carboxylic acids is 2. The van der Waals surface area contributed by atoms with Crippen LogP contribution in [0.15, 0.2) is 66.7 Å². The maximum absolute atomic E-state index is 14.0. The van der Waals surface area contributed by atoms with Gasteiger partial charge >= 0.3 is 6.03 Å². The summed E-state index contributed by atoms with van der Waals surface area (Å²) in [5.41, 5.74) is 2.75.